The molecule has 2 N–H and O–H groups in total. The van der Waals surface area contributed by atoms with E-state index in [1.807, 2.05) is 85.1 Å². The molecule has 0 aromatic heterocycles. The molecule has 0 bridgehead atoms. The van der Waals surface area contributed by atoms with Gasteiger partial charge in [-0.1, -0.05) is 41.9 Å². The van der Waals surface area contributed by atoms with Crippen molar-refractivity contribution in [3.8, 4) is 0 Å². The third-order valence-electron chi connectivity index (χ3n) is 11.0. The van der Waals surface area contributed by atoms with Gasteiger partial charge in [0.1, 0.15) is 4.90 Å². The Balaban J connectivity index is 1.13. The number of thioether (sulfide) groups is 1. The molecule has 2 heterocycles. The maximum atomic E-state index is 14.1. The van der Waals surface area contributed by atoms with Crippen LogP contribution in [0.15, 0.2) is 117 Å². The summed E-state index contributed by atoms with van der Waals surface area (Å²) in [4.78, 5) is 18.7. The number of halogens is 4. The minimum absolute atomic E-state index is 0.0125. The summed E-state index contributed by atoms with van der Waals surface area (Å²) in [6.07, 6.45) is 1.27. The SMILES string of the molecule is CC(C)N(C)CC[C@H](CSc1ccccc1)Nc1ccc(S(=O)(=O)NC(=O)c2ccc(N3CCN(CC4=C(c5ccc(Cl)cc5)CCOC4)CC3)cc2)cc1S(=O)(=O)C(F)(F)F. The molecule has 0 spiro atoms. The van der Waals surface area contributed by atoms with Crippen LogP contribution in [0.3, 0.4) is 0 Å². The molecule has 1 amide bonds. The van der Waals surface area contributed by atoms with Crippen molar-refractivity contribution in [1.82, 2.24) is 14.5 Å². The van der Waals surface area contributed by atoms with E-state index in [4.69, 9.17) is 16.3 Å². The molecule has 0 aliphatic carbocycles. The Bertz CT molecular complexity index is 2410. The Morgan fingerprint density at radius 3 is 2.24 bits per heavy atom. The highest BCUT2D eigenvalue weighted by Gasteiger charge is 2.48. The monoisotopic (exact) mass is 933 g/mol. The number of ether oxygens (including phenoxy) is 1. The minimum atomic E-state index is -6.05. The van der Waals surface area contributed by atoms with Crippen LogP contribution in [0.4, 0.5) is 24.5 Å². The van der Waals surface area contributed by atoms with E-state index >= 15 is 0 Å². The molecule has 334 valence electrons. The van der Waals surface area contributed by atoms with E-state index in [-0.39, 0.29) is 11.6 Å². The number of carbonyl (C=O) groups is 1. The standard InChI is InChI=1S/C44H51ClF3N5O6S3/c1-31(2)51(3)21-19-36(30-60-38-7-5-4-6-8-38)49-41-18-17-39(27-42(41)61(55,56)44(46,47)48)62(57,58)50-43(54)33-11-15-37(16-12-33)53-24-22-52(23-25-53)28-34-29-59-26-20-40(34)32-9-13-35(45)14-10-32/h4-18,27,31,36,49H,19-26,28-30H2,1-3H3,(H,50,54)/t36-/m1/s1. The van der Waals surface area contributed by atoms with Crippen molar-refractivity contribution in [1.29, 1.82) is 0 Å². The number of nitrogens with zero attached hydrogens (tertiary/aromatic N) is 3. The number of hydrogen-bond acceptors (Lipinski definition) is 11. The summed E-state index contributed by atoms with van der Waals surface area (Å²) in [6, 6.07) is 25.6. The van der Waals surface area contributed by atoms with Crippen molar-refractivity contribution < 1.29 is 39.5 Å². The van der Waals surface area contributed by atoms with E-state index < -0.39 is 52.8 Å². The van der Waals surface area contributed by atoms with Gasteiger partial charge in [0.15, 0.2) is 0 Å². The number of piperazine rings is 1. The van der Waals surface area contributed by atoms with Gasteiger partial charge in [0.05, 0.1) is 23.8 Å². The second-order valence-corrected chi connectivity index (χ2v) is 20.7. The Morgan fingerprint density at radius 1 is 0.919 bits per heavy atom. The maximum absolute atomic E-state index is 14.1. The first-order valence-corrected chi connectivity index (χ1v) is 24.5. The van der Waals surface area contributed by atoms with E-state index in [2.05, 4.69) is 15.1 Å². The lowest BCUT2D eigenvalue weighted by atomic mass is 9.95. The number of amides is 1. The molecule has 2 aliphatic rings. The summed E-state index contributed by atoms with van der Waals surface area (Å²) in [5.41, 5.74) is -1.66. The summed E-state index contributed by atoms with van der Waals surface area (Å²) in [6.45, 7) is 9.52. The number of sulfone groups is 1. The highest BCUT2D eigenvalue weighted by atomic mass is 35.5. The van der Waals surface area contributed by atoms with Crippen LogP contribution in [0.5, 0.6) is 0 Å². The third-order valence-corrected chi connectivity index (χ3v) is 15.3. The molecule has 1 fully saturated rings. The number of rotatable bonds is 17. The van der Waals surface area contributed by atoms with Crippen LogP contribution in [-0.2, 0) is 24.6 Å². The number of nitrogens with one attached hydrogen (secondary N) is 2. The van der Waals surface area contributed by atoms with Crippen LogP contribution >= 0.6 is 23.4 Å². The number of benzene rings is 4. The van der Waals surface area contributed by atoms with E-state index in [1.54, 1.807) is 12.1 Å². The van der Waals surface area contributed by atoms with Crippen LogP contribution < -0.4 is 14.9 Å². The van der Waals surface area contributed by atoms with Gasteiger partial charge in [0.2, 0.25) is 0 Å². The zero-order valence-electron chi connectivity index (χ0n) is 34.7. The topological polar surface area (TPSA) is 128 Å². The van der Waals surface area contributed by atoms with E-state index in [0.717, 1.165) is 54.3 Å². The minimum Gasteiger partial charge on any atom is -0.380 e. The third kappa shape index (κ3) is 12.1. The molecule has 1 atom stereocenters. The molecule has 6 rings (SSSR count). The molecule has 0 radical (unpaired) electrons. The predicted molar refractivity (Wildman–Crippen MR) is 240 cm³/mol. The first-order valence-electron chi connectivity index (χ1n) is 20.2. The predicted octanol–water partition coefficient (Wildman–Crippen LogP) is 8.05. The van der Waals surface area contributed by atoms with Crippen molar-refractivity contribution in [3.63, 3.8) is 0 Å². The van der Waals surface area contributed by atoms with Crippen molar-refractivity contribution in [2.75, 3.05) is 75.5 Å². The molecule has 0 unspecified atom stereocenters. The fraction of sp³-hybridized carbons (Fsp3) is 0.386. The van der Waals surface area contributed by atoms with Crippen LogP contribution in [0.2, 0.25) is 5.02 Å². The first kappa shape index (κ1) is 47.4. The number of alkyl halides is 3. The maximum Gasteiger partial charge on any atom is 0.501 e. The lowest BCUT2D eigenvalue weighted by Gasteiger charge is -2.37. The highest BCUT2D eigenvalue weighted by Crippen LogP contribution is 2.37. The van der Waals surface area contributed by atoms with Gasteiger partial charge in [-0.2, -0.15) is 13.2 Å². The van der Waals surface area contributed by atoms with Crippen molar-refractivity contribution in [3.05, 3.63) is 119 Å². The molecule has 62 heavy (non-hydrogen) atoms. The highest BCUT2D eigenvalue weighted by molar-refractivity contribution is 7.99. The second-order valence-electron chi connectivity index (χ2n) is 15.6. The van der Waals surface area contributed by atoms with Gasteiger partial charge in [-0.3, -0.25) is 9.69 Å². The number of hydrogen-bond donors (Lipinski definition) is 2. The van der Waals surface area contributed by atoms with E-state index in [9.17, 15) is 34.8 Å². The van der Waals surface area contributed by atoms with Gasteiger partial charge in [0.25, 0.3) is 25.8 Å². The molecule has 2 aliphatic heterocycles. The average molecular weight is 935 g/mol. The lowest BCUT2D eigenvalue weighted by Crippen LogP contribution is -2.47. The van der Waals surface area contributed by atoms with Gasteiger partial charge in [-0.05, 0) is 117 Å². The zero-order chi connectivity index (χ0) is 44.7. The fourth-order valence-electron chi connectivity index (χ4n) is 7.16. The van der Waals surface area contributed by atoms with Gasteiger partial charge >= 0.3 is 5.51 Å². The molecule has 0 saturated carbocycles. The van der Waals surface area contributed by atoms with Gasteiger partial charge < -0.3 is 19.9 Å². The summed E-state index contributed by atoms with van der Waals surface area (Å²) < 4.78 is 103. The van der Waals surface area contributed by atoms with Crippen molar-refractivity contribution >= 4 is 66.1 Å². The van der Waals surface area contributed by atoms with Gasteiger partial charge in [-0.15, -0.1) is 11.8 Å². The Morgan fingerprint density at radius 2 is 1.60 bits per heavy atom. The molecule has 4 aromatic carbocycles. The van der Waals surface area contributed by atoms with Crippen LogP contribution in [-0.4, -0.2) is 115 Å². The van der Waals surface area contributed by atoms with Crippen molar-refractivity contribution in [2.45, 2.75) is 59.0 Å². The Kier molecular flexibility index (Phi) is 15.7. The summed E-state index contributed by atoms with van der Waals surface area (Å²) in [5, 5.41) is 3.66. The van der Waals surface area contributed by atoms with Gasteiger partial charge in [-0.25, -0.2) is 21.6 Å². The Hall–Kier alpha value is -4.10. The fourth-order valence-corrected chi connectivity index (χ4v) is 10.3. The zero-order valence-corrected chi connectivity index (χ0v) is 37.9. The number of carbonyl (C=O) groups excluding carboxylic acids is 1. The van der Waals surface area contributed by atoms with E-state index in [0.29, 0.717) is 56.1 Å². The largest absolute Gasteiger partial charge is 0.501 e. The molecule has 4 aromatic rings. The summed E-state index contributed by atoms with van der Waals surface area (Å²) in [7, 11) is -8.98. The van der Waals surface area contributed by atoms with E-state index in [1.165, 1.54) is 35.0 Å². The molecular formula is C44H51ClF3N5O6S3. The number of sulfonamides is 1. The van der Waals surface area contributed by atoms with Crippen LogP contribution in [0.1, 0.15) is 42.6 Å². The average Bonchev–Trinajstić information content (AvgIpc) is 3.25. The normalized spacial score (nSPS) is 16.2. The first-order chi connectivity index (χ1) is 29.4. The molecule has 11 nitrogen and oxygen atoms in total. The van der Waals surface area contributed by atoms with Crippen LogP contribution in [0.25, 0.3) is 5.57 Å². The second kappa shape index (κ2) is 20.6. The quantitative estimate of drug-likeness (QED) is 0.0999. The molecular weight excluding hydrogens is 883 g/mol. The summed E-state index contributed by atoms with van der Waals surface area (Å²) >= 11 is 7.56. The van der Waals surface area contributed by atoms with Crippen LogP contribution in [0, 0.1) is 0 Å². The molecule has 18 heteroatoms. The lowest BCUT2D eigenvalue weighted by molar-refractivity contribution is -0.0435. The summed E-state index contributed by atoms with van der Waals surface area (Å²) in [5.74, 6) is -0.663. The molecule has 1 saturated heterocycles. The Labute approximate surface area is 371 Å². The van der Waals surface area contributed by atoms with Crippen molar-refractivity contribution in [2.24, 2.45) is 0 Å². The smallest absolute Gasteiger partial charge is 0.380 e. The van der Waals surface area contributed by atoms with Gasteiger partial charge in [0, 0.05) is 78.3 Å². The number of anilines is 2.